The van der Waals surface area contributed by atoms with Gasteiger partial charge < -0.3 is 9.64 Å². The third kappa shape index (κ3) is 4.07. The first-order valence-corrected chi connectivity index (χ1v) is 10.4. The smallest absolute Gasteiger partial charge is 0.257 e. The summed E-state index contributed by atoms with van der Waals surface area (Å²) in [4.78, 5) is 14.9. The Bertz CT molecular complexity index is 856. The van der Waals surface area contributed by atoms with Crippen molar-refractivity contribution in [2.75, 3.05) is 26.0 Å². The van der Waals surface area contributed by atoms with Crippen LogP contribution in [0.1, 0.15) is 23.2 Å². The molecular formula is C20H23NO4S. The Labute approximate surface area is 154 Å². The van der Waals surface area contributed by atoms with E-state index in [1.807, 2.05) is 12.1 Å². The van der Waals surface area contributed by atoms with Crippen LogP contribution in [0.3, 0.4) is 0 Å². The molecule has 6 heteroatoms. The van der Waals surface area contributed by atoms with Crippen molar-refractivity contribution >= 4 is 15.7 Å². The van der Waals surface area contributed by atoms with Crippen molar-refractivity contribution in [2.24, 2.45) is 5.92 Å². The summed E-state index contributed by atoms with van der Waals surface area (Å²) in [5.74, 6) is 0.702. The van der Waals surface area contributed by atoms with Gasteiger partial charge >= 0.3 is 0 Å². The number of benzene rings is 2. The number of para-hydroxylation sites is 1. The molecule has 0 N–H and O–H groups in total. The second-order valence-corrected chi connectivity index (χ2v) is 8.56. The molecule has 0 bridgehead atoms. The number of nitrogens with zero attached hydrogens (tertiary/aromatic N) is 1. The summed E-state index contributed by atoms with van der Waals surface area (Å²) in [5, 5.41) is 0. The highest BCUT2D eigenvalue weighted by Gasteiger charge is 2.28. The number of likely N-dealkylation sites (tertiary alicyclic amines) is 1. The van der Waals surface area contributed by atoms with E-state index in [0.29, 0.717) is 42.1 Å². The molecule has 2 aromatic rings. The normalized spacial score (nSPS) is 15.7. The largest absolute Gasteiger partial charge is 0.496 e. The summed E-state index contributed by atoms with van der Waals surface area (Å²) >= 11 is 0. The molecule has 26 heavy (non-hydrogen) atoms. The fourth-order valence-electron chi connectivity index (χ4n) is 3.33. The van der Waals surface area contributed by atoms with Crippen LogP contribution in [0.2, 0.25) is 0 Å². The third-order valence-electron chi connectivity index (χ3n) is 4.80. The molecule has 1 amide bonds. The Morgan fingerprint density at radius 1 is 1.04 bits per heavy atom. The van der Waals surface area contributed by atoms with Crippen LogP contribution in [0, 0.1) is 5.92 Å². The van der Waals surface area contributed by atoms with Gasteiger partial charge in [-0.2, -0.15) is 0 Å². The predicted octanol–water partition coefficient (Wildman–Crippen LogP) is 3.02. The van der Waals surface area contributed by atoms with Crippen LogP contribution in [-0.2, 0) is 9.84 Å². The molecule has 1 heterocycles. The second kappa shape index (κ2) is 7.91. The number of hydrogen-bond donors (Lipinski definition) is 0. The summed E-state index contributed by atoms with van der Waals surface area (Å²) < 4.78 is 30.3. The van der Waals surface area contributed by atoms with Crippen LogP contribution in [0.4, 0.5) is 0 Å². The molecule has 0 aliphatic carbocycles. The zero-order chi connectivity index (χ0) is 18.6. The molecule has 5 nitrogen and oxygen atoms in total. The maximum atomic E-state index is 12.7. The number of ether oxygens (including phenoxy) is 1. The number of rotatable bonds is 5. The van der Waals surface area contributed by atoms with Crippen LogP contribution in [0.15, 0.2) is 59.5 Å². The van der Waals surface area contributed by atoms with Gasteiger partial charge in [-0.3, -0.25) is 4.79 Å². The van der Waals surface area contributed by atoms with Gasteiger partial charge in [-0.25, -0.2) is 8.42 Å². The first kappa shape index (κ1) is 18.5. The van der Waals surface area contributed by atoms with Gasteiger partial charge in [0.2, 0.25) is 0 Å². The van der Waals surface area contributed by atoms with E-state index < -0.39 is 9.84 Å². The van der Waals surface area contributed by atoms with Gasteiger partial charge in [0.05, 0.1) is 23.3 Å². The number of carbonyl (C=O) groups is 1. The Kier molecular flexibility index (Phi) is 5.61. The molecule has 1 aliphatic heterocycles. The predicted molar refractivity (Wildman–Crippen MR) is 100 cm³/mol. The van der Waals surface area contributed by atoms with E-state index in [4.69, 9.17) is 4.74 Å². The number of carbonyl (C=O) groups excluding carboxylic acids is 1. The number of methoxy groups -OCH3 is 1. The quantitative estimate of drug-likeness (QED) is 0.808. The number of piperidine rings is 1. The average molecular weight is 373 g/mol. The third-order valence-corrected chi connectivity index (χ3v) is 6.70. The van der Waals surface area contributed by atoms with Gasteiger partial charge in [0.1, 0.15) is 5.75 Å². The Morgan fingerprint density at radius 2 is 1.65 bits per heavy atom. The van der Waals surface area contributed by atoms with Gasteiger partial charge in [-0.1, -0.05) is 30.3 Å². The van der Waals surface area contributed by atoms with E-state index in [0.717, 1.165) is 0 Å². The Hall–Kier alpha value is -2.34. The summed E-state index contributed by atoms with van der Waals surface area (Å²) in [5.41, 5.74) is 0.547. The number of sulfone groups is 1. The van der Waals surface area contributed by atoms with E-state index >= 15 is 0 Å². The molecule has 0 spiro atoms. The number of amides is 1. The molecule has 0 radical (unpaired) electrons. The van der Waals surface area contributed by atoms with Crippen LogP contribution in [0.25, 0.3) is 0 Å². The molecule has 138 valence electrons. The standard InChI is InChI=1S/C20H23NO4S/c1-25-19-10-6-5-9-18(19)20(22)21-13-11-16(12-14-21)15-26(23,24)17-7-3-2-4-8-17/h2-10,16H,11-15H2,1H3. The molecule has 1 aliphatic rings. The highest BCUT2D eigenvalue weighted by atomic mass is 32.2. The minimum atomic E-state index is -3.28. The van der Waals surface area contributed by atoms with Crippen molar-refractivity contribution in [3.05, 3.63) is 60.2 Å². The van der Waals surface area contributed by atoms with Gasteiger partial charge in [-0.15, -0.1) is 0 Å². The van der Waals surface area contributed by atoms with E-state index in [2.05, 4.69) is 0 Å². The Balaban J connectivity index is 1.62. The monoisotopic (exact) mass is 373 g/mol. The SMILES string of the molecule is COc1ccccc1C(=O)N1CCC(CS(=O)(=O)c2ccccc2)CC1. The molecule has 0 aromatic heterocycles. The van der Waals surface area contributed by atoms with E-state index in [-0.39, 0.29) is 17.6 Å². The lowest BCUT2D eigenvalue weighted by Gasteiger charge is -2.32. The van der Waals surface area contributed by atoms with Crippen molar-refractivity contribution in [3.63, 3.8) is 0 Å². The highest BCUT2D eigenvalue weighted by Crippen LogP contribution is 2.25. The van der Waals surface area contributed by atoms with E-state index in [1.54, 1.807) is 54.5 Å². The van der Waals surface area contributed by atoms with Crippen LogP contribution >= 0.6 is 0 Å². The van der Waals surface area contributed by atoms with E-state index in [1.165, 1.54) is 0 Å². The molecule has 0 saturated carbocycles. The van der Waals surface area contributed by atoms with Crippen LogP contribution in [-0.4, -0.2) is 45.2 Å². The van der Waals surface area contributed by atoms with Crippen molar-refractivity contribution in [1.82, 2.24) is 4.90 Å². The highest BCUT2D eigenvalue weighted by molar-refractivity contribution is 7.91. The number of hydrogen-bond acceptors (Lipinski definition) is 4. The summed E-state index contributed by atoms with van der Waals surface area (Å²) in [6, 6.07) is 15.7. The lowest BCUT2D eigenvalue weighted by Crippen LogP contribution is -2.40. The first-order chi connectivity index (χ1) is 12.5. The lowest BCUT2D eigenvalue weighted by atomic mass is 9.98. The van der Waals surface area contributed by atoms with Gasteiger partial charge in [0, 0.05) is 13.1 Å². The summed E-state index contributed by atoms with van der Waals surface area (Å²) in [7, 11) is -1.74. The topological polar surface area (TPSA) is 63.7 Å². The zero-order valence-corrected chi connectivity index (χ0v) is 15.6. The van der Waals surface area contributed by atoms with Crippen molar-refractivity contribution in [2.45, 2.75) is 17.7 Å². The second-order valence-electron chi connectivity index (χ2n) is 6.53. The molecule has 3 rings (SSSR count). The fraction of sp³-hybridized carbons (Fsp3) is 0.350. The summed E-state index contributed by atoms with van der Waals surface area (Å²) in [6.07, 6.45) is 1.37. The minimum absolute atomic E-state index is 0.0631. The molecule has 0 unspecified atom stereocenters. The summed E-state index contributed by atoms with van der Waals surface area (Å²) in [6.45, 7) is 1.12. The zero-order valence-electron chi connectivity index (χ0n) is 14.8. The molecule has 1 fully saturated rings. The average Bonchev–Trinajstić information content (AvgIpc) is 2.68. The lowest BCUT2D eigenvalue weighted by molar-refractivity contribution is 0.0695. The van der Waals surface area contributed by atoms with Gasteiger partial charge in [-0.05, 0) is 43.0 Å². The van der Waals surface area contributed by atoms with Crippen LogP contribution < -0.4 is 4.74 Å². The molecular weight excluding hydrogens is 350 g/mol. The maximum absolute atomic E-state index is 12.7. The van der Waals surface area contributed by atoms with Crippen molar-refractivity contribution in [3.8, 4) is 5.75 Å². The van der Waals surface area contributed by atoms with Gasteiger partial charge in [0.15, 0.2) is 9.84 Å². The van der Waals surface area contributed by atoms with Gasteiger partial charge in [0.25, 0.3) is 5.91 Å². The minimum Gasteiger partial charge on any atom is -0.496 e. The molecule has 0 atom stereocenters. The van der Waals surface area contributed by atoms with Crippen molar-refractivity contribution < 1.29 is 17.9 Å². The Morgan fingerprint density at radius 3 is 2.31 bits per heavy atom. The first-order valence-electron chi connectivity index (χ1n) is 8.71. The van der Waals surface area contributed by atoms with E-state index in [9.17, 15) is 13.2 Å². The molecule has 2 aromatic carbocycles. The van der Waals surface area contributed by atoms with Crippen LogP contribution in [0.5, 0.6) is 5.75 Å². The maximum Gasteiger partial charge on any atom is 0.257 e. The fourth-order valence-corrected chi connectivity index (χ4v) is 5.05. The van der Waals surface area contributed by atoms with Crippen molar-refractivity contribution in [1.29, 1.82) is 0 Å². The molecule has 1 saturated heterocycles.